The molecule has 0 fully saturated rings. The summed E-state index contributed by atoms with van der Waals surface area (Å²) in [4.78, 5) is 10.9. The van der Waals surface area contributed by atoms with Gasteiger partial charge in [0.25, 0.3) is 0 Å². The molecule has 3 nitrogen and oxygen atoms in total. The highest BCUT2D eigenvalue weighted by molar-refractivity contribution is 6.32. The van der Waals surface area contributed by atoms with E-state index in [-0.39, 0.29) is 0 Å². The zero-order valence-electron chi connectivity index (χ0n) is 12.1. The van der Waals surface area contributed by atoms with Gasteiger partial charge in [-0.25, -0.2) is 0 Å². The Morgan fingerprint density at radius 2 is 1.82 bits per heavy atom. The molecule has 0 saturated heterocycles. The maximum absolute atomic E-state index is 10.9. The van der Waals surface area contributed by atoms with Gasteiger partial charge in [0.2, 0.25) is 0 Å². The van der Waals surface area contributed by atoms with Crippen molar-refractivity contribution in [3.05, 3.63) is 71.3 Å². The van der Waals surface area contributed by atoms with Crippen molar-refractivity contribution in [2.75, 3.05) is 13.2 Å². The zero-order chi connectivity index (χ0) is 15.8. The van der Waals surface area contributed by atoms with Gasteiger partial charge in [0.05, 0.1) is 5.02 Å². The summed E-state index contributed by atoms with van der Waals surface area (Å²) in [5.41, 5.74) is 1.36. The predicted octanol–water partition coefficient (Wildman–Crippen LogP) is 4.34. The molecule has 0 bridgehead atoms. The molecule has 0 aromatic heterocycles. The van der Waals surface area contributed by atoms with Gasteiger partial charge in [-0.05, 0) is 30.7 Å². The Balaban J connectivity index is 1.99. The molecule has 0 N–H and O–H groups in total. The van der Waals surface area contributed by atoms with Gasteiger partial charge in [-0.3, -0.25) is 4.79 Å². The fraction of sp³-hybridized carbons (Fsp3) is 0.167. The van der Waals surface area contributed by atoms with Crippen LogP contribution in [-0.4, -0.2) is 19.5 Å². The van der Waals surface area contributed by atoms with Crippen molar-refractivity contribution in [1.82, 2.24) is 0 Å². The monoisotopic (exact) mass is 316 g/mol. The van der Waals surface area contributed by atoms with Crippen molar-refractivity contribution in [2.45, 2.75) is 6.42 Å². The van der Waals surface area contributed by atoms with Gasteiger partial charge in [0.1, 0.15) is 31.0 Å². The lowest BCUT2D eigenvalue weighted by Crippen LogP contribution is -2.10. The molecule has 114 valence electrons. The molecule has 0 aliphatic carbocycles. The summed E-state index contributed by atoms with van der Waals surface area (Å²) >= 11 is 6.19. The van der Waals surface area contributed by atoms with Crippen molar-refractivity contribution in [3.8, 4) is 11.5 Å². The van der Waals surface area contributed by atoms with E-state index in [1.54, 1.807) is 18.2 Å². The van der Waals surface area contributed by atoms with Gasteiger partial charge in [0, 0.05) is 11.1 Å². The van der Waals surface area contributed by atoms with Gasteiger partial charge in [-0.1, -0.05) is 35.9 Å². The molecular weight excluding hydrogens is 300 g/mol. The molecule has 0 heterocycles. The van der Waals surface area contributed by atoms with Crippen molar-refractivity contribution in [2.24, 2.45) is 0 Å². The smallest absolute Gasteiger partial charge is 0.150 e. The average molecular weight is 317 g/mol. The number of ether oxygens (including phenoxy) is 2. The van der Waals surface area contributed by atoms with E-state index in [9.17, 15) is 4.79 Å². The normalized spacial score (nSPS) is 10.0. The first-order valence-corrected chi connectivity index (χ1v) is 7.31. The summed E-state index contributed by atoms with van der Waals surface area (Å²) in [6, 6.07) is 12.9. The fourth-order valence-corrected chi connectivity index (χ4v) is 2.33. The van der Waals surface area contributed by atoms with E-state index in [4.69, 9.17) is 21.1 Å². The zero-order valence-corrected chi connectivity index (χ0v) is 12.9. The molecule has 0 aliphatic rings. The number of rotatable bonds is 8. The molecule has 0 amide bonds. The van der Waals surface area contributed by atoms with E-state index in [0.717, 1.165) is 17.6 Å². The van der Waals surface area contributed by atoms with Crippen LogP contribution >= 0.6 is 11.6 Å². The number of benzene rings is 2. The Kier molecular flexibility index (Phi) is 6.04. The third kappa shape index (κ3) is 4.37. The molecule has 0 radical (unpaired) electrons. The number of hydrogen-bond donors (Lipinski definition) is 0. The van der Waals surface area contributed by atoms with Crippen LogP contribution in [0.4, 0.5) is 0 Å². The van der Waals surface area contributed by atoms with E-state index in [1.807, 2.05) is 30.3 Å². The van der Waals surface area contributed by atoms with Crippen LogP contribution in [0, 0.1) is 0 Å². The molecular formula is C18H17ClO3. The van der Waals surface area contributed by atoms with Crippen LogP contribution in [-0.2, 0) is 6.42 Å². The number of aldehydes is 1. The molecule has 0 atom stereocenters. The fourth-order valence-electron chi connectivity index (χ4n) is 2.03. The highest BCUT2D eigenvalue weighted by Crippen LogP contribution is 2.30. The van der Waals surface area contributed by atoms with Gasteiger partial charge in [0.15, 0.2) is 0 Å². The molecule has 0 saturated carbocycles. The van der Waals surface area contributed by atoms with E-state index in [1.165, 1.54) is 0 Å². The van der Waals surface area contributed by atoms with Crippen molar-refractivity contribution >= 4 is 17.9 Å². The molecule has 0 unspecified atom stereocenters. The first-order valence-electron chi connectivity index (χ1n) is 6.93. The maximum atomic E-state index is 10.9. The quantitative estimate of drug-likeness (QED) is 0.413. The molecule has 2 aromatic rings. The Morgan fingerprint density at radius 3 is 2.50 bits per heavy atom. The second kappa shape index (κ2) is 8.25. The summed E-state index contributed by atoms with van der Waals surface area (Å²) in [5, 5.41) is 0.418. The highest BCUT2D eigenvalue weighted by Gasteiger charge is 2.10. The van der Waals surface area contributed by atoms with E-state index in [0.29, 0.717) is 36.0 Å². The summed E-state index contributed by atoms with van der Waals surface area (Å²) in [6.07, 6.45) is 3.09. The minimum absolute atomic E-state index is 0.360. The molecule has 2 rings (SSSR count). The molecule has 2 aromatic carbocycles. The first-order chi connectivity index (χ1) is 10.7. The molecule has 4 heteroatoms. The minimum Gasteiger partial charge on any atom is -0.490 e. The summed E-state index contributed by atoms with van der Waals surface area (Å²) in [7, 11) is 0. The SMILES string of the molecule is C=CCc1cc(C=O)cc(Cl)c1OCCOc1ccccc1. The molecule has 0 aliphatic heterocycles. The summed E-state index contributed by atoms with van der Waals surface area (Å²) in [5.74, 6) is 1.36. The Bertz CT molecular complexity index is 638. The van der Waals surface area contributed by atoms with Crippen LogP contribution < -0.4 is 9.47 Å². The number of hydrogen-bond acceptors (Lipinski definition) is 3. The highest BCUT2D eigenvalue weighted by atomic mass is 35.5. The first kappa shape index (κ1) is 16.1. The maximum Gasteiger partial charge on any atom is 0.150 e. The van der Waals surface area contributed by atoms with Crippen molar-refractivity contribution < 1.29 is 14.3 Å². The van der Waals surface area contributed by atoms with Crippen LogP contribution in [0.3, 0.4) is 0 Å². The van der Waals surface area contributed by atoms with Gasteiger partial charge < -0.3 is 9.47 Å². The van der Waals surface area contributed by atoms with E-state index >= 15 is 0 Å². The predicted molar refractivity (Wildman–Crippen MR) is 88.2 cm³/mol. The average Bonchev–Trinajstić information content (AvgIpc) is 2.54. The number of carbonyl (C=O) groups is 1. The van der Waals surface area contributed by atoms with E-state index in [2.05, 4.69) is 6.58 Å². The van der Waals surface area contributed by atoms with Crippen LogP contribution in [0.2, 0.25) is 5.02 Å². The lowest BCUT2D eigenvalue weighted by Gasteiger charge is -2.13. The lowest BCUT2D eigenvalue weighted by atomic mass is 10.1. The van der Waals surface area contributed by atoms with Crippen molar-refractivity contribution in [1.29, 1.82) is 0 Å². The molecule has 22 heavy (non-hydrogen) atoms. The minimum atomic E-state index is 0.360. The summed E-state index contributed by atoms with van der Waals surface area (Å²) in [6.45, 7) is 4.47. The summed E-state index contributed by atoms with van der Waals surface area (Å²) < 4.78 is 11.3. The Morgan fingerprint density at radius 1 is 1.09 bits per heavy atom. The second-order valence-corrected chi connectivity index (χ2v) is 5.02. The van der Waals surface area contributed by atoms with Crippen molar-refractivity contribution in [3.63, 3.8) is 0 Å². The third-order valence-electron chi connectivity index (χ3n) is 2.98. The largest absolute Gasteiger partial charge is 0.490 e. The standard InChI is InChI=1S/C18H17ClO3/c1-2-6-15-11-14(13-20)12-17(19)18(15)22-10-9-21-16-7-4-3-5-8-16/h2-5,7-8,11-13H,1,6,9-10H2. The number of allylic oxidation sites excluding steroid dienone is 1. The third-order valence-corrected chi connectivity index (χ3v) is 3.27. The van der Waals surface area contributed by atoms with Crippen LogP contribution in [0.25, 0.3) is 0 Å². The topological polar surface area (TPSA) is 35.5 Å². The number of carbonyl (C=O) groups excluding carboxylic acids is 1. The van der Waals surface area contributed by atoms with Gasteiger partial charge >= 0.3 is 0 Å². The van der Waals surface area contributed by atoms with Crippen LogP contribution in [0.15, 0.2) is 55.1 Å². The lowest BCUT2D eigenvalue weighted by molar-refractivity contribution is 0.112. The van der Waals surface area contributed by atoms with Crippen LogP contribution in [0.1, 0.15) is 15.9 Å². The van der Waals surface area contributed by atoms with Gasteiger partial charge in [-0.15, -0.1) is 6.58 Å². The van der Waals surface area contributed by atoms with Gasteiger partial charge in [-0.2, -0.15) is 0 Å². The van der Waals surface area contributed by atoms with Crippen LogP contribution in [0.5, 0.6) is 11.5 Å². The Labute approximate surface area is 135 Å². The molecule has 0 spiro atoms. The Hall–Kier alpha value is -2.26. The number of halogens is 1. The second-order valence-electron chi connectivity index (χ2n) is 4.61. The number of para-hydroxylation sites is 1. The van der Waals surface area contributed by atoms with E-state index < -0.39 is 0 Å².